The molecule has 138 valence electrons. The number of aliphatic imine (C=N–C) groups is 1. The average Bonchev–Trinajstić information content (AvgIpc) is 2.66. The van der Waals surface area contributed by atoms with Gasteiger partial charge in [0.2, 0.25) is 0 Å². The average molecular weight is 361 g/mol. The summed E-state index contributed by atoms with van der Waals surface area (Å²) in [5, 5.41) is 42.8. The van der Waals surface area contributed by atoms with Crippen molar-refractivity contribution in [1.82, 2.24) is 5.48 Å². The number of anilines is 1. The Bertz CT molecular complexity index is 822. The number of hydrogen-bond donors (Lipinski definition) is 6. The van der Waals surface area contributed by atoms with Gasteiger partial charge < -0.3 is 25.3 Å². The number of aliphatic hydroxyl groups excluding tert-OH is 4. The fraction of sp³-hybridized carbons (Fsp3) is 0.294. The first-order valence-corrected chi connectivity index (χ1v) is 7.95. The molecule has 26 heavy (non-hydrogen) atoms. The summed E-state index contributed by atoms with van der Waals surface area (Å²) < 4.78 is 0. The van der Waals surface area contributed by atoms with E-state index >= 15 is 0 Å². The molecule has 0 spiro atoms. The minimum absolute atomic E-state index is 0.269. The smallest absolute Gasteiger partial charge is 0.394 e. The van der Waals surface area contributed by atoms with Crippen molar-refractivity contribution in [2.24, 2.45) is 4.99 Å². The largest absolute Gasteiger partial charge is 0.435 e. The summed E-state index contributed by atoms with van der Waals surface area (Å²) in [6.45, 7) is -0.543. The lowest BCUT2D eigenvalue weighted by Crippen LogP contribution is -2.56. The fourth-order valence-electron chi connectivity index (χ4n) is 2.71. The number of fused-ring (bicyclic) bond motifs is 1. The van der Waals surface area contributed by atoms with Crippen LogP contribution in [0.5, 0.6) is 0 Å². The number of carbonyl (C=O) groups is 1. The molecule has 0 bridgehead atoms. The molecule has 0 aromatic heterocycles. The van der Waals surface area contributed by atoms with Crippen molar-refractivity contribution < 1.29 is 30.1 Å². The third-order valence-corrected chi connectivity index (χ3v) is 4.11. The highest BCUT2D eigenvalue weighted by atomic mass is 16.7. The number of nitrogens with one attached hydrogen (secondary N) is 2. The normalized spacial score (nSPS) is 25.5. The maximum absolute atomic E-state index is 12.0. The highest BCUT2D eigenvalue weighted by molar-refractivity contribution is 6.00. The molecule has 6 N–H and O–H groups in total. The second-order valence-corrected chi connectivity index (χ2v) is 5.83. The van der Waals surface area contributed by atoms with E-state index < -0.39 is 37.1 Å². The summed E-state index contributed by atoms with van der Waals surface area (Å²) in [4.78, 5) is 20.7. The van der Waals surface area contributed by atoms with E-state index in [1.807, 2.05) is 30.3 Å². The molecule has 9 nitrogen and oxygen atoms in total. The van der Waals surface area contributed by atoms with Gasteiger partial charge in [-0.1, -0.05) is 36.4 Å². The second kappa shape index (κ2) is 7.67. The van der Waals surface area contributed by atoms with E-state index in [1.54, 1.807) is 12.1 Å². The van der Waals surface area contributed by atoms with Crippen molar-refractivity contribution in [2.75, 3.05) is 11.9 Å². The van der Waals surface area contributed by atoms with Crippen LogP contribution in [0.2, 0.25) is 0 Å². The van der Waals surface area contributed by atoms with Gasteiger partial charge >= 0.3 is 6.09 Å². The van der Waals surface area contributed by atoms with Gasteiger partial charge in [0.05, 0.1) is 12.3 Å². The Morgan fingerprint density at radius 2 is 1.81 bits per heavy atom. The number of hydroxylamine groups is 1. The maximum atomic E-state index is 12.0. The number of aliphatic hydroxyl groups is 4. The second-order valence-electron chi connectivity index (χ2n) is 5.83. The molecule has 1 heterocycles. The van der Waals surface area contributed by atoms with E-state index in [0.717, 1.165) is 10.8 Å². The standard InChI is InChI=1S/C17H19N3O6/c21-8-12-13(22)14(23)15(24)16(18-12)20-26-17(25)19-11-7-3-5-9-4-1-2-6-10(9)11/h1-7,12-15,21-24H,8H2,(H,18,20)(H,19,25)/t12-,13-,14+,15-/m1/s1. The van der Waals surface area contributed by atoms with Crippen LogP contribution < -0.4 is 10.8 Å². The third-order valence-electron chi connectivity index (χ3n) is 4.11. The van der Waals surface area contributed by atoms with Gasteiger partial charge in [-0.05, 0) is 11.5 Å². The molecule has 2 aromatic rings. The molecule has 1 amide bonds. The Labute approximate surface area is 148 Å². The zero-order valence-electron chi connectivity index (χ0n) is 13.6. The Kier molecular flexibility index (Phi) is 5.33. The molecule has 0 saturated heterocycles. The molecule has 3 rings (SSSR count). The summed E-state index contributed by atoms with van der Waals surface area (Å²) in [7, 11) is 0. The van der Waals surface area contributed by atoms with Crippen LogP contribution in [-0.4, -0.2) is 63.3 Å². The van der Waals surface area contributed by atoms with Crippen LogP contribution in [0.4, 0.5) is 10.5 Å². The predicted octanol–water partition coefficient (Wildman–Crippen LogP) is -0.251. The van der Waals surface area contributed by atoms with Gasteiger partial charge in [0.25, 0.3) is 0 Å². The third kappa shape index (κ3) is 3.60. The minimum Gasteiger partial charge on any atom is -0.394 e. The van der Waals surface area contributed by atoms with E-state index in [9.17, 15) is 20.1 Å². The fourth-order valence-corrected chi connectivity index (χ4v) is 2.71. The first kappa shape index (κ1) is 18.1. The van der Waals surface area contributed by atoms with Crippen molar-refractivity contribution in [3.8, 4) is 0 Å². The van der Waals surface area contributed by atoms with Crippen LogP contribution in [0, 0.1) is 0 Å². The van der Waals surface area contributed by atoms with Crippen molar-refractivity contribution >= 4 is 28.4 Å². The van der Waals surface area contributed by atoms with Crippen molar-refractivity contribution in [3.63, 3.8) is 0 Å². The Balaban J connectivity index is 1.67. The summed E-state index contributed by atoms with van der Waals surface area (Å²) >= 11 is 0. The highest BCUT2D eigenvalue weighted by Gasteiger charge is 2.39. The molecule has 1 aliphatic rings. The zero-order valence-corrected chi connectivity index (χ0v) is 13.6. The lowest BCUT2D eigenvalue weighted by molar-refractivity contribution is -0.0624. The quantitative estimate of drug-likeness (QED) is 0.405. The highest BCUT2D eigenvalue weighted by Crippen LogP contribution is 2.23. The summed E-state index contributed by atoms with van der Waals surface area (Å²) in [5.41, 5.74) is 2.69. The monoisotopic (exact) mass is 361 g/mol. The number of benzene rings is 2. The molecule has 0 unspecified atom stereocenters. The molecule has 0 aliphatic carbocycles. The number of amides is 1. The molecule has 0 fully saturated rings. The number of hydrogen-bond acceptors (Lipinski definition) is 8. The van der Waals surface area contributed by atoms with Gasteiger partial charge in [-0.3, -0.25) is 10.3 Å². The van der Waals surface area contributed by atoms with Gasteiger partial charge in [0, 0.05) is 5.39 Å². The predicted molar refractivity (Wildman–Crippen MR) is 93.5 cm³/mol. The van der Waals surface area contributed by atoms with Crippen LogP contribution >= 0.6 is 0 Å². The molecule has 2 aromatic carbocycles. The molecule has 4 atom stereocenters. The van der Waals surface area contributed by atoms with Crippen molar-refractivity contribution in [3.05, 3.63) is 42.5 Å². The zero-order chi connectivity index (χ0) is 18.7. The molecule has 0 saturated carbocycles. The number of nitrogens with zero attached hydrogens (tertiary/aromatic N) is 1. The lowest BCUT2D eigenvalue weighted by Gasteiger charge is -2.32. The number of rotatable bonds is 2. The van der Waals surface area contributed by atoms with E-state index in [2.05, 4.69) is 15.8 Å². The Morgan fingerprint density at radius 3 is 2.58 bits per heavy atom. The molecular formula is C17H19N3O6. The topological polar surface area (TPSA) is 144 Å². The van der Waals surface area contributed by atoms with Gasteiger partial charge in [0.1, 0.15) is 24.4 Å². The molecule has 0 radical (unpaired) electrons. The summed E-state index contributed by atoms with van der Waals surface area (Å²) in [5.74, 6) is -0.269. The molecule has 1 aliphatic heterocycles. The SMILES string of the molecule is O=C(Nc1cccc2ccccc12)ONC1=N[C@H](CO)[C@@H](O)[C@H](O)[C@H]1O. The Hall–Kier alpha value is -2.72. The number of amidine groups is 1. The summed E-state index contributed by atoms with van der Waals surface area (Å²) in [6.07, 6.45) is -5.45. The number of carbonyl (C=O) groups excluding carboxylic acids is 1. The van der Waals surface area contributed by atoms with Crippen molar-refractivity contribution in [1.29, 1.82) is 0 Å². The van der Waals surface area contributed by atoms with E-state index in [0.29, 0.717) is 5.69 Å². The molecule has 9 heteroatoms. The lowest BCUT2D eigenvalue weighted by atomic mass is 9.97. The minimum atomic E-state index is -1.59. The van der Waals surface area contributed by atoms with Crippen molar-refractivity contribution in [2.45, 2.75) is 24.4 Å². The van der Waals surface area contributed by atoms with E-state index in [1.165, 1.54) is 0 Å². The Morgan fingerprint density at radius 1 is 1.08 bits per heavy atom. The van der Waals surface area contributed by atoms with Gasteiger partial charge in [-0.2, -0.15) is 0 Å². The first-order chi connectivity index (χ1) is 12.5. The van der Waals surface area contributed by atoms with Crippen LogP contribution in [0.1, 0.15) is 0 Å². The van der Waals surface area contributed by atoms with Gasteiger partial charge in [0.15, 0.2) is 5.84 Å². The first-order valence-electron chi connectivity index (χ1n) is 7.95. The van der Waals surface area contributed by atoms with Crippen LogP contribution in [0.3, 0.4) is 0 Å². The van der Waals surface area contributed by atoms with Crippen LogP contribution in [0.15, 0.2) is 47.5 Å². The van der Waals surface area contributed by atoms with Gasteiger partial charge in [-0.25, -0.2) is 10.3 Å². The summed E-state index contributed by atoms with van der Waals surface area (Å²) in [6, 6.07) is 11.8. The maximum Gasteiger partial charge on any atom is 0.435 e. The van der Waals surface area contributed by atoms with E-state index in [-0.39, 0.29) is 5.84 Å². The van der Waals surface area contributed by atoms with E-state index in [4.69, 9.17) is 9.94 Å². The molecular weight excluding hydrogens is 342 g/mol. The van der Waals surface area contributed by atoms with Gasteiger partial charge in [-0.15, -0.1) is 0 Å². The van der Waals surface area contributed by atoms with Crippen LogP contribution in [-0.2, 0) is 4.84 Å². The van der Waals surface area contributed by atoms with Crippen LogP contribution in [0.25, 0.3) is 10.8 Å².